The summed E-state index contributed by atoms with van der Waals surface area (Å²) in [6.45, 7) is 2.20. The van der Waals surface area contributed by atoms with E-state index >= 15 is 0 Å². The van der Waals surface area contributed by atoms with Crippen molar-refractivity contribution in [2.75, 3.05) is 13.2 Å². The minimum atomic E-state index is 0.207. The first-order chi connectivity index (χ1) is 6.95. The smallest absolute Gasteiger partial charge is 0.0841 e. The number of hydrogen-bond donors (Lipinski definition) is 0. The van der Waals surface area contributed by atoms with Gasteiger partial charge in [-0.2, -0.15) is 0 Å². The van der Waals surface area contributed by atoms with Crippen LogP contribution < -0.4 is 0 Å². The molecule has 1 radical (unpaired) electrons. The first kappa shape index (κ1) is 9.69. The summed E-state index contributed by atoms with van der Waals surface area (Å²) in [5.74, 6) is 0. The van der Waals surface area contributed by atoms with Crippen molar-refractivity contribution in [1.82, 2.24) is 0 Å². The van der Waals surface area contributed by atoms with Gasteiger partial charge in [-0.15, -0.1) is 0 Å². The molecule has 1 aromatic carbocycles. The minimum Gasteiger partial charge on any atom is -0.376 e. The van der Waals surface area contributed by atoms with Gasteiger partial charge in [0.05, 0.1) is 19.3 Å². The van der Waals surface area contributed by atoms with Crippen LogP contribution in [0.2, 0.25) is 0 Å². The number of rotatable bonds is 4. The van der Waals surface area contributed by atoms with E-state index in [9.17, 15) is 0 Å². The fourth-order valence-electron chi connectivity index (χ4n) is 1.52. The molecule has 2 rings (SSSR count). The van der Waals surface area contributed by atoms with Gasteiger partial charge in [-0.1, -0.05) is 30.3 Å². The summed E-state index contributed by atoms with van der Waals surface area (Å²) in [5.41, 5.74) is 1.21. The van der Waals surface area contributed by atoms with Gasteiger partial charge in [0.2, 0.25) is 0 Å². The van der Waals surface area contributed by atoms with Crippen LogP contribution >= 0.6 is 0 Å². The molecule has 1 saturated heterocycles. The van der Waals surface area contributed by atoms with Crippen molar-refractivity contribution < 1.29 is 9.47 Å². The Hall–Kier alpha value is -0.860. The highest BCUT2D eigenvalue weighted by Crippen LogP contribution is 2.11. The highest BCUT2D eigenvalue weighted by molar-refractivity contribution is 5.13. The molecular formula is C12H15O2. The lowest BCUT2D eigenvalue weighted by atomic mass is 10.2. The highest BCUT2D eigenvalue weighted by Gasteiger charge is 2.15. The Morgan fingerprint density at radius 1 is 1.29 bits per heavy atom. The quantitative estimate of drug-likeness (QED) is 0.726. The van der Waals surface area contributed by atoms with Crippen LogP contribution in [0.3, 0.4) is 0 Å². The van der Waals surface area contributed by atoms with Gasteiger partial charge >= 0.3 is 0 Å². The van der Waals surface area contributed by atoms with Crippen LogP contribution in [0.1, 0.15) is 12.0 Å². The van der Waals surface area contributed by atoms with Crippen molar-refractivity contribution in [3.8, 4) is 0 Å². The summed E-state index contributed by atoms with van der Waals surface area (Å²) in [6.07, 6.45) is 3.43. The summed E-state index contributed by atoms with van der Waals surface area (Å²) in [5, 5.41) is 0. The number of ether oxygens (including phenoxy) is 2. The molecule has 0 aliphatic carbocycles. The van der Waals surface area contributed by atoms with Crippen LogP contribution in [0.15, 0.2) is 30.3 Å². The zero-order valence-electron chi connectivity index (χ0n) is 8.19. The minimum absolute atomic E-state index is 0.207. The Morgan fingerprint density at radius 3 is 2.86 bits per heavy atom. The fourth-order valence-corrected chi connectivity index (χ4v) is 1.52. The molecule has 2 heteroatoms. The van der Waals surface area contributed by atoms with E-state index in [0.717, 1.165) is 13.0 Å². The molecule has 0 amide bonds. The summed E-state index contributed by atoms with van der Waals surface area (Å²) >= 11 is 0. The number of hydrogen-bond acceptors (Lipinski definition) is 2. The van der Waals surface area contributed by atoms with Gasteiger partial charge in [0.25, 0.3) is 0 Å². The van der Waals surface area contributed by atoms with Crippen molar-refractivity contribution in [2.24, 2.45) is 0 Å². The topological polar surface area (TPSA) is 18.5 Å². The SMILES string of the molecule is [CH]1CCOC1COCc1ccccc1. The average molecular weight is 191 g/mol. The van der Waals surface area contributed by atoms with Crippen LogP contribution in [0, 0.1) is 6.42 Å². The van der Waals surface area contributed by atoms with Gasteiger partial charge in [0.15, 0.2) is 0 Å². The summed E-state index contributed by atoms with van der Waals surface area (Å²) in [7, 11) is 0. The average Bonchev–Trinajstić information content (AvgIpc) is 2.72. The molecule has 1 atom stereocenters. The third-order valence-electron chi connectivity index (χ3n) is 2.27. The highest BCUT2D eigenvalue weighted by atomic mass is 16.5. The van der Waals surface area contributed by atoms with Crippen molar-refractivity contribution in [1.29, 1.82) is 0 Å². The van der Waals surface area contributed by atoms with E-state index in [1.807, 2.05) is 18.2 Å². The Balaban J connectivity index is 1.67. The van der Waals surface area contributed by atoms with Crippen LogP contribution in [-0.4, -0.2) is 19.3 Å². The van der Waals surface area contributed by atoms with Gasteiger partial charge in [0.1, 0.15) is 0 Å². The van der Waals surface area contributed by atoms with Crippen molar-refractivity contribution in [2.45, 2.75) is 19.1 Å². The molecule has 0 saturated carbocycles. The van der Waals surface area contributed by atoms with E-state index in [4.69, 9.17) is 9.47 Å². The maximum absolute atomic E-state index is 5.55. The Kier molecular flexibility index (Phi) is 3.55. The molecule has 1 aliphatic rings. The Labute approximate surface area is 84.8 Å². The molecule has 1 heterocycles. The third kappa shape index (κ3) is 2.82. The molecule has 75 valence electrons. The largest absolute Gasteiger partial charge is 0.376 e. The van der Waals surface area contributed by atoms with Gasteiger partial charge in [-0.3, -0.25) is 0 Å². The second-order valence-corrected chi connectivity index (χ2v) is 3.43. The number of benzene rings is 1. The van der Waals surface area contributed by atoms with Gasteiger partial charge in [-0.05, 0) is 18.4 Å². The monoisotopic (exact) mass is 191 g/mol. The maximum Gasteiger partial charge on any atom is 0.0841 e. The van der Waals surface area contributed by atoms with E-state index in [1.54, 1.807) is 0 Å². The zero-order chi connectivity index (χ0) is 9.64. The van der Waals surface area contributed by atoms with E-state index in [1.165, 1.54) is 5.56 Å². The molecule has 14 heavy (non-hydrogen) atoms. The first-order valence-electron chi connectivity index (χ1n) is 5.02. The molecular weight excluding hydrogens is 176 g/mol. The lowest BCUT2D eigenvalue weighted by Crippen LogP contribution is -2.14. The lowest BCUT2D eigenvalue weighted by molar-refractivity contribution is 0.0206. The molecule has 0 aromatic heterocycles. The Morgan fingerprint density at radius 2 is 2.14 bits per heavy atom. The summed E-state index contributed by atoms with van der Waals surface area (Å²) in [6, 6.07) is 10.2. The molecule has 1 unspecified atom stereocenters. The molecule has 0 N–H and O–H groups in total. The van der Waals surface area contributed by atoms with Crippen molar-refractivity contribution in [3.05, 3.63) is 42.3 Å². The van der Waals surface area contributed by atoms with Crippen LogP contribution in [0.25, 0.3) is 0 Å². The van der Waals surface area contributed by atoms with Crippen LogP contribution in [0.4, 0.5) is 0 Å². The van der Waals surface area contributed by atoms with E-state index in [2.05, 4.69) is 18.6 Å². The predicted octanol–water partition coefficient (Wildman–Crippen LogP) is 2.20. The molecule has 1 aromatic rings. The summed E-state index contributed by atoms with van der Waals surface area (Å²) < 4.78 is 11.0. The standard InChI is InChI=1S/C12H15O2/c1-2-5-11(6-3-1)9-13-10-12-7-4-8-14-12/h1-3,5-7,12H,4,8-10H2. The maximum atomic E-state index is 5.55. The van der Waals surface area contributed by atoms with Gasteiger partial charge in [-0.25, -0.2) is 0 Å². The van der Waals surface area contributed by atoms with E-state index in [-0.39, 0.29) is 6.10 Å². The second kappa shape index (κ2) is 5.13. The van der Waals surface area contributed by atoms with E-state index < -0.39 is 0 Å². The fraction of sp³-hybridized carbons (Fsp3) is 0.417. The Bertz CT molecular complexity index is 252. The first-order valence-corrected chi connectivity index (χ1v) is 5.02. The third-order valence-corrected chi connectivity index (χ3v) is 2.27. The van der Waals surface area contributed by atoms with Crippen LogP contribution in [0.5, 0.6) is 0 Å². The normalized spacial score (nSPS) is 21.3. The van der Waals surface area contributed by atoms with Gasteiger partial charge < -0.3 is 9.47 Å². The molecule has 2 nitrogen and oxygen atoms in total. The second-order valence-electron chi connectivity index (χ2n) is 3.43. The summed E-state index contributed by atoms with van der Waals surface area (Å²) in [4.78, 5) is 0. The van der Waals surface area contributed by atoms with Crippen LogP contribution in [-0.2, 0) is 16.1 Å². The van der Waals surface area contributed by atoms with E-state index in [0.29, 0.717) is 13.2 Å². The molecule has 1 aliphatic heterocycles. The van der Waals surface area contributed by atoms with Gasteiger partial charge in [0, 0.05) is 6.61 Å². The molecule has 0 spiro atoms. The van der Waals surface area contributed by atoms with Crippen molar-refractivity contribution >= 4 is 0 Å². The van der Waals surface area contributed by atoms with Crippen molar-refractivity contribution in [3.63, 3.8) is 0 Å². The predicted molar refractivity (Wildman–Crippen MR) is 54.8 cm³/mol. The zero-order valence-corrected chi connectivity index (χ0v) is 8.19. The molecule has 1 fully saturated rings. The molecule has 0 bridgehead atoms. The lowest BCUT2D eigenvalue weighted by Gasteiger charge is -2.09.